The van der Waals surface area contributed by atoms with Crippen molar-refractivity contribution in [3.63, 3.8) is 0 Å². The number of aliphatic hydroxyl groups is 1. The normalized spacial score (nSPS) is 12.8. The first-order chi connectivity index (χ1) is 9.19. The third kappa shape index (κ3) is 8.57. The number of aliphatic carboxylic acids is 1. The molecule has 118 valence electrons. The third-order valence-corrected chi connectivity index (χ3v) is 2.61. The highest BCUT2D eigenvalue weighted by Crippen LogP contribution is 2.16. The number of carbonyl (C=O) groups excluding carboxylic acids is 1. The Labute approximate surface area is 114 Å². The summed E-state index contributed by atoms with van der Waals surface area (Å²) in [5.74, 6) is -1.38. The Balaban J connectivity index is 4.41. The molecule has 0 saturated carbocycles. The molecule has 1 unspecified atom stereocenters. The summed E-state index contributed by atoms with van der Waals surface area (Å²) in [5.41, 5.74) is 0. The molecule has 0 aromatic heterocycles. The number of rotatable bonds is 8. The number of nitrogens with zero attached hydrogens (tertiary/aromatic N) is 1. The van der Waals surface area contributed by atoms with Gasteiger partial charge in [0.25, 0.3) is 0 Å². The molecule has 1 atom stereocenters. The Morgan fingerprint density at radius 1 is 1.35 bits per heavy atom. The SMILES string of the molecule is CCC(CNC(=O)N(CCO)CC(F)(F)F)CC(=O)O. The van der Waals surface area contributed by atoms with Crippen LogP contribution in [0.4, 0.5) is 18.0 Å². The monoisotopic (exact) mass is 300 g/mol. The second-order valence-corrected chi connectivity index (χ2v) is 4.32. The minimum atomic E-state index is -4.56. The summed E-state index contributed by atoms with van der Waals surface area (Å²) in [5, 5.41) is 19.5. The number of nitrogens with one attached hydrogen (secondary N) is 1. The number of alkyl halides is 3. The predicted octanol–water partition coefficient (Wildman–Crippen LogP) is 1.05. The molecule has 0 aliphatic rings. The van der Waals surface area contributed by atoms with Crippen LogP contribution >= 0.6 is 0 Å². The van der Waals surface area contributed by atoms with Crippen LogP contribution in [0.2, 0.25) is 0 Å². The third-order valence-electron chi connectivity index (χ3n) is 2.61. The first kappa shape index (κ1) is 18.5. The van der Waals surface area contributed by atoms with E-state index in [0.29, 0.717) is 11.3 Å². The lowest BCUT2D eigenvalue weighted by Crippen LogP contribution is -2.47. The van der Waals surface area contributed by atoms with Gasteiger partial charge in [0.15, 0.2) is 0 Å². The Morgan fingerprint density at radius 2 is 1.95 bits per heavy atom. The smallest absolute Gasteiger partial charge is 0.406 e. The first-order valence-corrected chi connectivity index (χ1v) is 6.11. The van der Waals surface area contributed by atoms with Crippen molar-refractivity contribution < 1.29 is 33.0 Å². The number of halogens is 3. The Bertz CT molecular complexity index is 323. The summed E-state index contributed by atoms with van der Waals surface area (Å²) in [6, 6.07) is -0.972. The van der Waals surface area contributed by atoms with Crippen molar-refractivity contribution in [2.45, 2.75) is 25.9 Å². The maximum atomic E-state index is 12.2. The first-order valence-electron chi connectivity index (χ1n) is 6.11. The molecule has 3 N–H and O–H groups in total. The van der Waals surface area contributed by atoms with E-state index in [2.05, 4.69) is 5.32 Å². The van der Waals surface area contributed by atoms with E-state index >= 15 is 0 Å². The standard InChI is InChI=1S/C11H19F3N2O4/c1-2-8(5-9(18)19)6-15-10(20)16(3-4-17)7-11(12,13)14/h8,17H,2-7H2,1H3,(H,15,20)(H,18,19). The molecular weight excluding hydrogens is 281 g/mol. The molecular formula is C11H19F3N2O4. The largest absolute Gasteiger partial charge is 0.481 e. The van der Waals surface area contributed by atoms with Gasteiger partial charge in [0, 0.05) is 19.5 Å². The highest BCUT2D eigenvalue weighted by molar-refractivity contribution is 5.74. The number of carboxylic acid groups (broad SMARTS) is 1. The summed E-state index contributed by atoms with van der Waals surface area (Å²) in [7, 11) is 0. The minimum absolute atomic E-state index is 0.0264. The number of aliphatic hydroxyl groups excluding tert-OH is 1. The molecule has 2 amide bonds. The van der Waals surface area contributed by atoms with Gasteiger partial charge in [0.05, 0.1) is 6.61 Å². The topological polar surface area (TPSA) is 89.9 Å². The molecule has 20 heavy (non-hydrogen) atoms. The van der Waals surface area contributed by atoms with Gasteiger partial charge in [-0.1, -0.05) is 13.3 Å². The lowest BCUT2D eigenvalue weighted by atomic mass is 10.0. The molecule has 0 fully saturated rings. The highest BCUT2D eigenvalue weighted by atomic mass is 19.4. The lowest BCUT2D eigenvalue weighted by Gasteiger charge is -2.24. The van der Waals surface area contributed by atoms with Gasteiger partial charge in [0.1, 0.15) is 6.54 Å². The second-order valence-electron chi connectivity index (χ2n) is 4.32. The zero-order valence-corrected chi connectivity index (χ0v) is 11.1. The molecule has 0 aliphatic carbocycles. The van der Waals surface area contributed by atoms with Crippen molar-refractivity contribution in [2.75, 3.05) is 26.2 Å². The van der Waals surface area contributed by atoms with Gasteiger partial charge in [-0.3, -0.25) is 4.79 Å². The number of carbonyl (C=O) groups is 2. The molecule has 0 heterocycles. The zero-order chi connectivity index (χ0) is 15.8. The van der Waals surface area contributed by atoms with E-state index in [-0.39, 0.29) is 18.9 Å². The maximum absolute atomic E-state index is 12.2. The molecule has 0 spiro atoms. The number of urea groups is 1. The van der Waals surface area contributed by atoms with Crippen LogP contribution in [0.5, 0.6) is 0 Å². The zero-order valence-electron chi connectivity index (χ0n) is 11.1. The van der Waals surface area contributed by atoms with Gasteiger partial charge in [-0.05, 0) is 5.92 Å². The van der Waals surface area contributed by atoms with E-state index in [1.165, 1.54) is 0 Å². The van der Waals surface area contributed by atoms with Crippen LogP contribution < -0.4 is 5.32 Å². The number of hydrogen-bond acceptors (Lipinski definition) is 3. The molecule has 0 radical (unpaired) electrons. The molecule has 0 aromatic carbocycles. The molecule has 9 heteroatoms. The van der Waals surface area contributed by atoms with Gasteiger partial charge in [-0.2, -0.15) is 13.2 Å². The van der Waals surface area contributed by atoms with Crippen molar-refractivity contribution in [1.82, 2.24) is 10.2 Å². The van der Waals surface area contributed by atoms with E-state index in [0.717, 1.165) is 0 Å². The van der Waals surface area contributed by atoms with Crippen molar-refractivity contribution >= 4 is 12.0 Å². The van der Waals surface area contributed by atoms with E-state index < -0.39 is 37.9 Å². The van der Waals surface area contributed by atoms with Gasteiger partial charge in [0.2, 0.25) is 0 Å². The average Bonchev–Trinajstić information content (AvgIpc) is 2.31. The van der Waals surface area contributed by atoms with Gasteiger partial charge in [-0.15, -0.1) is 0 Å². The van der Waals surface area contributed by atoms with Crippen LogP contribution in [0, 0.1) is 5.92 Å². The van der Waals surface area contributed by atoms with Gasteiger partial charge >= 0.3 is 18.2 Å². The van der Waals surface area contributed by atoms with E-state index in [9.17, 15) is 22.8 Å². The van der Waals surface area contributed by atoms with E-state index in [4.69, 9.17) is 10.2 Å². The van der Waals surface area contributed by atoms with Crippen LogP contribution in [-0.2, 0) is 4.79 Å². The molecule has 0 rings (SSSR count). The maximum Gasteiger partial charge on any atom is 0.406 e. The summed E-state index contributed by atoms with van der Waals surface area (Å²) < 4.78 is 36.7. The second kappa shape index (κ2) is 8.62. The average molecular weight is 300 g/mol. The number of hydrogen-bond donors (Lipinski definition) is 3. The van der Waals surface area contributed by atoms with Crippen LogP contribution in [0.15, 0.2) is 0 Å². The Hall–Kier alpha value is -1.51. The fourth-order valence-corrected chi connectivity index (χ4v) is 1.54. The molecule has 0 aromatic rings. The van der Waals surface area contributed by atoms with E-state index in [1.807, 2.05) is 0 Å². The fourth-order valence-electron chi connectivity index (χ4n) is 1.54. The van der Waals surface area contributed by atoms with Crippen molar-refractivity contribution in [3.8, 4) is 0 Å². The lowest BCUT2D eigenvalue weighted by molar-refractivity contribution is -0.140. The minimum Gasteiger partial charge on any atom is -0.481 e. The number of amides is 2. The van der Waals surface area contributed by atoms with Crippen molar-refractivity contribution in [2.24, 2.45) is 5.92 Å². The van der Waals surface area contributed by atoms with Crippen molar-refractivity contribution in [3.05, 3.63) is 0 Å². The quantitative estimate of drug-likeness (QED) is 0.625. The summed E-state index contributed by atoms with van der Waals surface area (Å²) in [4.78, 5) is 22.5. The predicted molar refractivity (Wildman–Crippen MR) is 64.1 cm³/mol. The van der Waals surface area contributed by atoms with Crippen LogP contribution in [-0.4, -0.2) is 59.5 Å². The Kier molecular flexibility index (Phi) is 7.97. The molecule has 0 aliphatic heterocycles. The van der Waals surface area contributed by atoms with E-state index in [1.54, 1.807) is 6.92 Å². The van der Waals surface area contributed by atoms with Crippen LogP contribution in [0.25, 0.3) is 0 Å². The van der Waals surface area contributed by atoms with Crippen LogP contribution in [0.3, 0.4) is 0 Å². The fraction of sp³-hybridized carbons (Fsp3) is 0.818. The van der Waals surface area contributed by atoms with Gasteiger partial charge < -0.3 is 20.4 Å². The molecule has 0 saturated heterocycles. The Morgan fingerprint density at radius 3 is 2.35 bits per heavy atom. The molecule has 0 bridgehead atoms. The number of carboxylic acids is 1. The van der Waals surface area contributed by atoms with Crippen LogP contribution in [0.1, 0.15) is 19.8 Å². The highest BCUT2D eigenvalue weighted by Gasteiger charge is 2.32. The van der Waals surface area contributed by atoms with Crippen molar-refractivity contribution in [1.29, 1.82) is 0 Å². The van der Waals surface area contributed by atoms with Gasteiger partial charge in [-0.25, -0.2) is 4.79 Å². The summed E-state index contributed by atoms with van der Waals surface area (Å²) in [6.07, 6.45) is -4.25. The summed E-state index contributed by atoms with van der Waals surface area (Å²) in [6.45, 7) is -0.797. The summed E-state index contributed by atoms with van der Waals surface area (Å²) >= 11 is 0. The molecule has 6 nitrogen and oxygen atoms in total.